The number of nitrogens with one attached hydrogen (secondary N) is 1. The minimum absolute atomic E-state index is 0.0526. The molecule has 0 saturated carbocycles. The topological polar surface area (TPSA) is 71.5 Å². The third-order valence-electron chi connectivity index (χ3n) is 2.97. The molecule has 1 heterocycles. The molecule has 0 atom stereocenters. The van der Waals surface area contributed by atoms with Gasteiger partial charge in [0, 0.05) is 11.4 Å². The summed E-state index contributed by atoms with van der Waals surface area (Å²) in [7, 11) is 0. The molecule has 2 aromatic rings. The molecule has 0 aliphatic rings. The van der Waals surface area contributed by atoms with Gasteiger partial charge in [-0.3, -0.25) is 9.69 Å². The van der Waals surface area contributed by atoms with Gasteiger partial charge in [-0.2, -0.15) is 0 Å². The molecule has 5 heteroatoms. The molecule has 1 aromatic carbocycles. The predicted molar refractivity (Wildman–Crippen MR) is 79.1 cm³/mol. The van der Waals surface area contributed by atoms with Crippen LogP contribution in [0.15, 0.2) is 47.1 Å². The van der Waals surface area contributed by atoms with Crippen molar-refractivity contribution in [3.8, 4) is 0 Å². The number of anilines is 2. The van der Waals surface area contributed by atoms with Gasteiger partial charge >= 0.3 is 0 Å². The Kier molecular flexibility index (Phi) is 4.79. The van der Waals surface area contributed by atoms with Crippen LogP contribution in [0.25, 0.3) is 0 Å². The SMILES string of the molecule is CCN(CC(=O)Nc1ccc(N)cc1)Cc1ccco1. The van der Waals surface area contributed by atoms with Gasteiger partial charge < -0.3 is 15.5 Å². The third kappa shape index (κ3) is 4.13. The van der Waals surface area contributed by atoms with Crippen LogP contribution in [0.2, 0.25) is 0 Å². The number of likely N-dealkylation sites (N-methyl/N-ethyl adjacent to an activating group) is 1. The summed E-state index contributed by atoms with van der Waals surface area (Å²) < 4.78 is 5.29. The zero-order valence-corrected chi connectivity index (χ0v) is 11.5. The molecule has 2 rings (SSSR count). The number of carbonyl (C=O) groups excluding carboxylic acids is 1. The number of benzene rings is 1. The van der Waals surface area contributed by atoms with E-state index in [-0.39, 0.29) is 5.91 Å². The molecule has 106 valence electrons. The maximum absolute atomic E-state index is 12.0. The van der Waals surface area contributed by atoms with Gasteiger partial charge in [0.25, 0.3) is 0 Å². The van der Waals surface area contributed by atoms with E-state index < -0.39 is 0 Å². The number of nitrogen functional groups attached to an aromatic ring is 1. The van der Waals surface area contributed by atoms with Crippen LogP contribution in [0.1, 0.15) is 12.7 Å². The number of hydrogen-bond donors (Lipinski definition) is 2. The normalized spacial score (nSPS) is 10.7. The molecule has 1 aromatic heterocycles. The number of carbonyl (C=O) groups is 1. The van der Waals surface area contributed by atoms with Gasteiger partial charge in [-0.1, -0.05) is 6.92 Å². The largest absolute Gasteiger partial charge is 0.468 e. The summed E-state index contributed by atoms with van der Waals surface area (Å²) in [6.45, 7) is 3.73. The number of amides is 1. The van der Waals surface area contributed by atoms with Crippen LogP contribution in [0.3, 0.4) is 0 Å². The average Bonchev–Trinajstić information content (AvgIpc) is 2.93. The molecule has 3 N–H and O–H groups in total. The van der Waals surface area contributed by atoms with Gasteiger partial charge in [0.1, 0.15) is 5.76 Å². The summed E-state index contributed by atoms with van der Waals surface area (Å²) in [5.74, 6) is 0.801. The Morgan fingerprint density at radius 1 is 1.30 bits per heavy atom. The summed E-state index contributed by atoms with van der Waals surface area (Å²) in [6.07, 6.45) is 1.64. The summed E-state index contributed by atoms with van der Waals surface area (Å²) >= 11 is 0. The van der Waals surface area contributed by atoms with E-state index in [1.165, 1.54) is 0 Å². The molecule has 0 bridgehead atoms. The Morgan fingerprint density at radius 2 is 2.05 bits per heavy atom. The fraction of sp³-hybridized carbons (Fsp3) is 0.267. The second kappa shape index (κ2) is 6.77. The van der Waals surface area contributed by atoms with Crippen LogP contribution in [-0.4, -0.2) is 23.9 Å². The van der Waals surface area contributed by atoms with Crippen molar-refractivity contribution < 1.29 is 9.21 Å². The van der Waals surface area contributed by atoms with Crippen molar-refractivity contribution in [2.75, 3.05) is 24.1 Å². The molecule has 0 saturated heterocycles. The highest BCUT2D eigenvalue weighted by atomic mass is 16.3. The van der Waals surface area contributed by atoms with Crippen LogP contribution in [-0.2, 0) is 11.3 Å². The summed E-state index contributed by atoms with van der Waals surface area (Å²) in [6, 6.07) is 10.8. The molecule has 0 spiro atoms. The monoisotopic (exact) mass is 273 g/mol. The lowest BCUT2D eigenvalue weighted by molar-refractivity contribution is -0.117. The second-order valence-corrected chi connectivity index (χ2v) is 4.55. The minimum atomic E-state index is -0.0526. The van der Waals surface area contributed by atoms with Crippen molar-refractivity contribution in [2.45, 2.75) is 13.5 Å². The maximum Gasteiger partial charge on any atom is 0.238 e. The molecule has 1 amide bonds. The number of furan rings is 1. The number of nitrogens with zero attached hydrogens (tertiary/aromatic N) is 1. The molecule has 5 nitrogen and oxygen atoms in total. The zero-order valence-electron chi connectivity index (χ0n) is 11.5. The smallest absolute Gasteiger partial charge is 0.238 e. The Hall–Kier alpha value is -2.27. The minimum Gasteiger partial charge on any atom is -0.468 e. The van der Waals surface area contributed by atoms with Crippen LogP contribution >= 0.6 is 0 Å². The lowest BCUT2D eigenvalue weighted by Crippen LogP contribution is -2.32. The first-order valence-corrected chi connectivity index (χ1v) is 6.57. The standard InChI is InChI=1S/C15H19N3O2/c1-2-18(10-14-4-3-9-20-14)11-15(19)17-13-7-5-12(16)6-8-13/h3-9H,2,10-11,16H2,1H3,(H,17,19). The van der Waals surface area contributed by atoms with Gasteiger partial charge in [-0.25, -0.2) is 0 Å². The molecular weight excluding hydrogens is 254 g/mol. The highest BCUT2D eigenvalue weighted by Gasteiger charge is 2.11. The molecule has 0 fully saturated rings. The van der Waals surface area contributed by atoms with Crippen molar-refractivity contribution in [3.63, 3.8) is 0 Å². The first-order valence-electron chi connectivity index (χ1n) is 6.57. The van der Waals surface area contributed by atoms with Crippen molar-refractivity contribution in [2.24, 2.45) is 0 Å². The van der Waals surface area contributed by atoms with E-state index in [2.05, 4.69) is 5.32 Å². The van der Waals surface area contributed by atoms with E-state index in [0.717, 1.165) is 18.0 Å². The summed E-state index contributed by atoms with van der Waals surface area (Å²) in [5, 5.41) is 2.85. The van der Waals surface area contributed by atoms with Gasteiger partial charge in [-0.05, 0) is 42.9 Å². The molecule has 20 heavy (non-hydrogen) atoms. The lowest BCUT2D eigenvalue weighted by Gasteiger charge is -2.18. The third-order valence-corrected chi connectivity index (χ3v) is 2.97. The summed E-state index contributed by atoms with van der Waals surface area (Å²) in [5.41, 5.74) is 7.03. The Morgan fingerprint density at radius 3 is 2.65 bits per heavy atom. The van der Waals surface area contributed by atoms with Gasteiger partial charge in [0.2, 0.25) is 5.91 Å². The molecule has 0 radical (unpaired) electrons. The van der Waals surface area contributed by atoms with E-state index in [0.29, 0.717) is 18.8 Å². The van der Waals surface area contributed by atoms with E-state index in [1.54, 1.807) is 30.5 Å². The first-order chi connectivity index (χ1) is 9.67. The van der Waals surface area contributed by atoms with E-state index in [4.69, 9.17) is 10.2 Å². The quantitative estimate of drug-likeness (QED) is 0.792. The second-order valence-electron chi connectivity index (χ2n) is 4.55. The Balaban J connectivity index is 1.87. The molecule has 0 unspecified atom stereocenters. The summed E-state index contributed by atoms with van der Waals surface area (Å²) in [4.78, 5) is 14.0. The molecule has 0 aliphatic carbocycles. The van der Waals surface area contributed by atoms with Gasteiger partial charge in [0.15, 0.2) is 0 Å². The highest BCUT2D eigenvalue weighted by Crippen LogP contribution is 2.11. The first kappa shape index (κ1) is 14.1. The van der Waals surface area contributed by atoms with E-state index in [9.17, 15) is 4.79 Å². The predicted octanol–water partition coefficient (Wildman–Crippen LogP) is 2.32. The highest BCUT2D eigenvalue weighted by molar-refractivity contribution is 5.92. The fourth-order valence-corrected chi connectivity index (χ4v) is 1.87. The molecule has 0 aliphatic heterocycles. The maximum atomic E-state index is 12.0. The Labute approximate surface area is 118 Å². The number of hydrogen-bond acceptors (Lipinski definition) is 4. The molecular formula is C15H19N3O2. The number of nitrogens with two attached hydrogens (primary N) is 1. The van der Waals surface area contributed by atoms with Crippen molar-refractivity contribution in [3.05, 3.63) is 48.4 Å². The zero-order chi connectivity index (χ0) is 14.4. The van der Waals surface area contributed by atoms with E-state index >= 15 is 0 Å². The Bertz CT molecular complexity index is 535. The van der Waals surface area contributed by atoms with E-state index in [1.807, 2.05) is 24.0 Å². The fourth-order valence-electron chi connectivity index (χ4n) is 1.87. The van der Waals surface area contributed by atoms with Crippen LogP contribution < -0.4 is 11.1 Å². The number of rotatable bonds is 6. The van der Waals surface area contributed by atoms with Crippen LogP contribution in [0, 0.1) is 0 Å². The van der Waals surface area contributed by atoms with Gasteiger partial charge in [-0.15, -0.1) is 0 Å². The van der Waals surface area contributed by atoms with Crippen molar-refractivity contribution in [1.29, 1.82) is 0 Å². The van der Waals surface area contributed by atoms with Crippen molar-refractivity contribution in [1.82, 2.24) is 4.90 Å². The lowest BCUT2D eigenvalue weighted by atomic mass is 10.3. The average molecular weight is 273 g/mol. The van der Waals surface area contributed by atoms with Crippen LogP contribution in [0.5, 0.6) is 0 Å². The van der Waals surface area contributed by atoms with Crippen LogP contribution in [0.4, 0.5) is 11.4 Å². The van der Waals surface area contributed by atoms with Gasteiger partial charge in [0.05, 0.1) is 19.4 Å². The van der Waals surface area contributed by atoms with Crippen molar-refractivity contribution >= 4 is 17.3 Å².